The van der Waals surface area contributed by atoms with Crippen molar-refractivity contribution in [3.63, 3.8) is 0 Å². The van der Waals surface area contributed by atoms with E-state index in [4.69, 9.17) is 9.47 Å². The molecule has 0 aromatic heterocycles. The van der Waals surface area contributed by atoms with Gasteiger partial charge in [-0.05, 0) is 46.5 Å². The number of nitrogens with one attached hydrogen (secondary N) is 1. The van der Waals surface area contributed by atoms with Gasteiger partial charge in [0.05, 0.1) is 6.10 Å². The zero-order valence-electron chi connectivity index (χ0n) is 11.7. The molecular weight excluding hydrogens is 234 g/mol. The summed E-state index contributed by atoms with van der Waals surface area (Å²) in [5.41, 5.74) is -0.321. The third-order valence-corrected chi connectivity index (χ3v) is 3.06. The average molecular weight is 259 g/mol. The predicted octanol–water partition coefficient (Wildman–Crippen LogP) is 2.03. The Morgan fingerprint density at radius 3 is 2.28 bits per heavy atom. The molecule has 0 radical (unpaired) electrons. The van der Waals surface area contributed by atoms with Gasteiger partial charge < -0.3 is 19.9 Å². The fourth-order valence-electron chi connectivity index (χ4n) is 2.15. The van der Waals surface area contributed by atoms with Gasteiger partial charge in [-0.15, -0.1) is 0 Å². The second-order valence-corrected chi connectivity index (χ2v) is 5.95. The lowest BCUT2D eigenvalue weighted by molar-refractivity contribution is -0.129. The maximum atomic E-state index is 11.7. The van der Waals surface area contributed by atoms with Gasteiger partial charge in [0.2, 0.25) is 6.29 Å². The first-order chi connectivity index (χ1) is 8.31. The highest BCUT2D eigenvalue weighted by Crippen LogP contribution is 2.28. The molecule has 0 heterocycles. The molecule has 0 aliphatic heterocycles. The first-order valence-electron chi connectivity index (χ1n) is 6.51. The van der Waals surface area contributed by atoms with Gasteiger partial charge in [-0.25, -0.2) is 4.79 Å². The maximum absolute atomic E-state index is 11.7. The van der Waals surface area contributed by atoms with Crippen molar-refractivity contribution < 1.29 is 19.4 Å². The predicted molar refractivity (Wildman–Crippen MR) is 68.1 cm³/mol. The molecular formula is C13H25NO4. The van der Waals surface area contributed by atoms with Crippen LogP contribution in [0.1, 0.15) is 46.5 Å². The van der Waals surface area contributed by atoms with Crippen molar-refractivity contribution in [1.82, 2.24) is 5.32 Å². The molecule has 0 bridgehead atoms. The molecule has 18 heavy (non-hydrogen) atoms. The van der Waals surface area contributed by atoms with Gasteiger partial charge in [0, 0.05) is 18.6 Å². The third kappa shape index (κ3) is 5.23. The lowest BCUT2D eigenvalue weighted by Crippen LogP contribution is -2.44. The van der Waals surface area contributed by atoms with Crippen LogP contribution in [0.4, 0.5) is 4.79 Å². The van der Waals surface area contributed by atoms with Crippen molar-refractivity contribution in [2.24, 2.45) is 5.92 Å². The minimum absolute atomic E-state index is 0.170. The van der Waals surface area contributed by atoms with Gasteiger partial charge >= 0.3 is 6.09 Å². The highest BCUT2D eigenvalue weighted by Gasteiger charge is 2.30. The second-order valence-electron chi connectivity index (χ2n) is 5.95. The van der Waals surface area contributed by atoms with Crippen LogP contribution >= 0.6 is 0 Å². The van der Waals surface area contributed by atoms with Crippen LogP contribution in [0.2, 0.25) is 0 Å². The van der Waals surface area contributed by atoms with Crippen molar-refractivity contribution in [2.45, 2.75) is 64.4 Å². The Morgan fingerprint density at radius 2 is 1.83 bits per heavy atom. The monoisotopic (exact) mass is 259 g/mol. The molecule has 1 rings (SSSR count). The smallest absolute Gasteiger partial charge is 0.409 e. The number of ether oxygens (including phenoxy) is 2. The van der Waals surface area contributed by atoms with Crippen molar-refractivity contribution in [2.75, 3.05) is 7.11 Å². The standard InChI is InChI=1S/C13H25NO4/c1-13(2,3)14-12(16)18-11(17-4)9-5-7-10(15)8-6-9/h9-11,15H,5-8H2,1-4H3,(H,14,16). The first kappa shape index (κ1) is 15.2. The molecule has 1 aliphatic carbocycles. The summed E-state index contributed by atoms with van der Waals surface area (Å²) in [5, 5.41) is 12.2. The van der Waals surface area contributed by atoms with Crippen LogP contribution in [0.3, 0.4) is 0 Å². The van der Waals surface area contributed by atoms with E-state index in [0.29, 0.717) is 0 Å². The topological polar surface area (TPSA) is 67.8 Å². The molecule has 0 saturated heterocycles. The number of amides is 1. The van der Waals surface area contributed by atoms with E-state index in [1.807, 2.05) is 20.8 Å². The number of hydrogen-bond acceptors (Lipinski definition) is 4. The van der Waals surface area contributed by atoms with Crippen LogP contribution in [0.25, 0.3) is 0 Å². The molecule has 0 aromatic carbocycles. The van der Waals surface area contributed by atoms with Crippen molar-refractivity contribution >= 4 is 6.09 Å². The van der Waals surface area contributed by atoms with E-state index in [2.05, 4.69) is 5.32 Å². The normalized spacial score (nSPS) is 26.5. The lowest BCUT2D eigenvalue weighted by Gasteiger charge is -2.31. The molecule has 1 aliphatic rings. The Hall–Kier alpha value is -0.810. The third-order valence-electron chi connectivity index (χ3n) is 3.06. The quantitative estimate of drug-likeness (QED) is 0.761. The molecule has 5 heteroatoms. The van der Waals surface area contributed by atoms with Crippen LogP contribution in [0, 0.1) is 5.92 Å². The summed E-state index contributed by atoms with van der Waals surface area (Å²) in [6, 6.07) is 0. The van der Waals surface area contributed by atoms with Crippen LogP contribution in [0.15, 0.2) is 0 Å². The van der Waals surface area contributed by atoms with Crippen molar-refractivity contribution in [3.05, 3.63) is 0 Å². The number of carbonyl (C=O) groups is 1. The molecule has 1 unspecified atom stereocenters. The summed E-state index contributed by atoms with van der Waals surface area (Å²) < 4.78 is 10.5. The molecule has 0 spiro atoms. The van der Waals surface area contributed by atoms with Crippen molar-refractivity contribution in [1.29, 1.82) is 0 Å². The van der Waals surface area contributed by atoms with E-state index in [1.165, 1.54) is 0 Å². The summed E-state index contributed by atoms with van der Waals surface area (Å²) in [7, 11) is 1.54. The van der Waals surface area contributed by atoms with Gasteiger partial charge in [0.25, 0.3) is 0 Å². The number of aliphatic hydroxyl groups is 1. The Morgan fingerprint density at radius 1 is 1.28 bits per heavy atom. The number of hydrogen-bond donors (Lipinski definition) is 2. The molecule has 1 atom stereocenters. The molecule has 106 valence electrons. The second kappa shape index (κ2) is 6.38. The van der Waals surface area contributed by atoms with Gasteiger partial charge in [0.15, 0.2) is 0 Å². The van der Waals surface area contributed by atoms with Gasteiger partial charge in [0.1, 0.15) is 0 Å². The lowest BCUT2D eigenvalue weighted by atomic mass is 9.87. The zero-order valence-corrected chi connectivity index (χ0v) is 11.7. The number of methoxy groups -OCH3 is 1. The molecule has 1 saturated carbocycles. The molecule has 1 amide bonds. The number of aliphatic hydroxyl groups excluding tert-OH is 1. The summed E-state index contributed by atoms with van der Waals surface area (Å²) in [4.78, 5) is 11.7. The van der Waals surface area contributed by atoms with Crippen molar-refractivity contribution in [3.8, 4) is 0 Å². The average Bonchev–Trinajstić information content (AvgIpc) is 2.25. The Kier molecular flexibility index (Phi) is 5.41. The molecule has 5 nitrogen and oxygen atoms in total. The summed E-state index contributed by atoms with van der Waals surface area (Å²) in [6.07, 6.45) is 1.93. The fraction of sp³-hybridized carbons (Fsp3) is 0.923. The van der Waals surface area contributed by atoms with Crippen LogP contribution in [0.5, 0.6) is 0 Å². The van der Waals surface area contributed by atoms with Crippen LogP contribution in [-0.4, -0.2) is 36.2 Å². The van der Waals surface area contributed by atoms with Gasteiger partial charge in [-0.1, -0.05) is 0 Å². The number of rotatable bonds is 3. The molecule has 0 aromatic rings. The zero-order chi connectivity index (χ0) is 13.8. The Labute approximate surface area is 109 Å². The van der Waals surface area contributed by atoms with E-state index in [0.717, 1.165) is 25.7 Å². The highest BCUT2D eigenvalue weighted by molar-refractivity contribution is 5.68. The molecule has 1 fully saturated rings. The van der Waals surface area contributed by atoms with Crippen LogP contribution in [-0.2, 0) is 9.47 Å². The van der Waals surface area contributed by atoms with E-state index in [9.17, 15) is 9.90 Å². The minimum Gasteiger partial charge on any atom is -0.419 e. The first-order valence-corrected chi connectivity index (χ1v) is 6.51. The maximum Gasteiger partial charge on any atom is 0.409 e. The molecule has 2 N–H and O–H groups in total. The van der Waals surface area contributed by atoms with Gasteiger partial charge in [-0.3, -0.25) is 0 Å². The Balaban J connectivity index is 2.44. The Bertz CT molecular complexity index is 267. The fourth-order valence-corrected chi connectivity index (χ4v) is 2.15. The van der Waals surface area contributed by atoms with E-state index in [-0.39, 0.29) is 17.6 Å². The van der Waals surface area contributed by atoms with E-state index < -0.39 is 12.4 Å². The van der Waals surface area contributed by atoms with E-state index in [1.54, 1.807) is 7.11 Å². The van der Waals surface area contributed by atoms with Crippen LogP contribution < -0.4 is 5.32 Å². The summed E-state index contributed by atoms with van der Waals surface area (Å²) >= 11 is 0. The largest absolute Gasteiger partial charge is 0.419 e. The number of carbonyl (C=O) groups excluding carboxylic acids is 1. The van der Waals surface area contributed by atoms with Gasteiger partial charge in [-0.2, -0.15) is 0 Å². The van der Waals surface area contributed by atoms with E-state index >= 15 is 0 Å². The number of alkyl carbamates (subject to hydrolysis) is 1. The highest BCUT2D eigenvalue weighted by atomic mass is 16.7. The SMILES string of the molecule is COC(OC(=O)NC(C)(C)C)C1CCC(O)CC1. The minimum atomic E-state index is -0.528. The summed E-state index contributed by atoms with van der Waals surface area (Å²) in [6.45, 7) is 5.69. The summed E-state index contributed by atoms with van der Waals surface area (Å²) in [5.74, 6) is 0.170.